The third-order valence-corrected chi connectivity index (χ3v) is 7.57. The number of hydrogen-bond donors (Lipinski definition) is 1. The summed E-state index contributed by atoms with van der Waals surface area (Å²) in [5.41, 5.74) is 1.97. The first-order chi connectivity index (χ1) is 15.4. The van der Waals surface area contributed by atoms with E-state index in [-0.39, 0.29) is 18.4 Å². The van der Waals surface area contributed by atoms with Crippen LogP contribution in [-0.4, -0.2) is 42.7 Å². The molecule has 0 bridgehead atoms. The molecule has 1 aliphatic heterocycles. The molecule has 0 spiro atoms. The maximum absolute atomic E-state index is 12.8. The van der Waals surface area contributed by atoms with E-state index in [0.29, 0.717) is 48.9 Å². The number of hydrogen-bond acceptors (Lipinski definition) is 5. The van der Waals surface area contributed by atoms with E-state index < -0.39 is 10.0 Å². The zero-order valence-corrected chi connectivity index (χ0v) is 18.8. The highest BCUT2D eigenvalue weighted by Gasteiger charge is 2.29. The van der Waals surface area contributed by atoms with E-state index in [1.54, 1.807) is 30.5 Å². The van der Waals surface area contributed by atoms with Gasteiger partial charge in [-0.2, -0.15) is 4.31 Å². The average Bonchev–Trinajstić information content (AvgIpc) is 3.28. The topological polar surface area (TPSA) is 92.5 Å². The average molecular weight is 454 g/mol. The molecular weight excluding hydrogens is 426 g/mol. The molecule has 1 aliphatic rings. The maximum Gasteiger partial charge on any atom is 0.243 e. The summed E-state index contributed by atoms with van der Waals surface area (Å²) in [5, 5.41) is 3.02. The normalized spacial score (nSPS) is 15.5. The lowest BCUT2D eigenvalue weighted by Crippen LogP contribution is -2.46. The van der Waals surface area contributed by atoms with Gasteiger partial charge in [0.2, 0.25) is 15.9 Å². The van der Waals surface area contributed by atoms with Crippen molar-refractivity contribution in [2.45, 2.75) is 43.5 Å². The predicted molar refractivity (Wildman–Crippen MR) is 121 cm³/mol. The first-order valence-electron chi connectivity index (χ1n) is 10.8. The van der Waals surface area contributed by atoms with Crippen LogP contribution in [0.4, 0.5) is 0 Å². The number of piperidine rings is 1. The van der Waals surface area contributed by atoms with Gasteiger partial charge < -0.3 is 9.73 Å². The zero-order valence-electron chi connectivity index (χ0n) is 18.0. The van der Waals surface area contributed by atoms with Crippen molar-refractivity contribution in [2.75, 3.05) is 13.1 Å². The van der Waals surface area contributed by atoms with Crippen LogP contribution in [0.15, 0.2) is 70.1 Å². The fourth-order valence-electron chi connectivity index (χ4n) is 3.78. The quantitative estimate of drug-likeness (QED) is 0.591. The van der Waals surface area contributed by atoms with Crippen molar-refractivity contribution in [3.8, 4) is 11.3 Å². The van der Waals surface area contributed by atoms with E-state index in [0.717, 1.165) is 11.1 Å². The van der Waals surface area contributed by atoms with Gasteiger partial charge in [-0.25, -0.2) is 13.4 Å². The van der Waals surface area contributed by atoms with E-state index in [1.807, 2.05) is 37.3 Å². The second-order valence-corrected chi connectivity index (χ2v) is 9.98. The Kier molecular flexibility index (Phi) is 6.72. The summed E-state index contributed by atoms with van der Waals surface area (Å²) in [6.07, 6.45) is 3.55. The minimum atomic E-state index is -3.50. The number of carbonyl (C=O) groups is 1. The summed E-state index contributed by atoms with van der Waals surface area (Å²) in [4.78, 5) is 17.0. The van der Waals surface area contributed by atoms with Crippen molar-refractivity contribution in [3.63, 3.8) is 0 Å². The van der Waals surface area contributed by atoms with Gasteiger partial charge in [-0.05, 0) is 31.9 Å². The van der Waals surface area contributed by atoms with Crippen LogP contribution in [0.5, 0.6) is 0 Å². The molecule has 32 heavy (non-hydrogen) atoms. The number of sulfonamides is 1. The lowest BCUT2D eigenvalue weighted by molar-refractivity contribution is -0.122. The Morgan fingerprint density at radius 2 is 1.78 bits per heavy atom. The smallest absolute Gasteiger partial charge is 0.243 e. The van der Waals surface area contributed by atoms with Crippen LogP contribution in [0.25, 0.3) is 11.3 Å². The second kappa shape index (κ2) is 9.67. The lowest BCUT2D eigenvalue weighted by Gasteiger charge is -2.31. The summed E-state index contributed by atoms with van der Waals surface area (Å²) in [5.74, 6) is 1.13. The van der Waals surface area contributed by atoms with Crippen LogP contribution < -0.4 is 5.32 Å². The Balaban J connectivity index is 1.24. The Bertz CT molecular complexity index is 1150. The molecule has 8 heteroatoms. The molecule has 2 aromatic carbocycles. The van der Waals surface area contributed by atoms with Crippen molar-refractivity contribution in [1.82, 2.24) is 14.6 Å². The van der Waals surface area contributed by atoms with Gasteiger partial charge in [0, 0.05) is 37.5 Å². The van der Waals surface area contributed by atoms with Gasteiger partial charge in [0.1, 0.15) is 0 Å². The van der Waals surface area contributed by atoms with E-state index in [1.165, 1.54) is 4.31 Å². The van der Waals surface area contributed by atoms with Gasteiger partial charge in [-0.15, -0.1) is 0 Å². The van der Waals surface area contributed by atoms with E-state index in [4.69, 9.17) is 4.42 Å². The van der Waals surface area contributed by atoms with E-state index in [2.05, 4.69) is 10.3 Å². The molecule has 0 radical (unpaired) electrons. The Morgan fingerprint density at radius 3 is 2.47 bits per heavy atom. The van der Waals surface area contributed by atoms with Gasteiger partial charge in [-0.3, -0.25) is 4.79 Å². The molecule has 3 aromatic rings. The molecule has 0 unspecified atom stereocenters. The Morgan fingerprint density at radius 1 is 1.09 bits per heavy atom. The molecule has 168 valence electrons. The SMILES string of the molecule is Cc1ccc(S(=O)(=O)N2CCC(NC(=O)CCc3ncc(-c4ccccc4)o3)CC2)cc1. The molecule has 1 amide bonds. The number of nitrogens with one attached hydrogen (secondary N) is 1. The number of oxazole rings is 1. The molecule has 0 atom stereocenters. The fourth-order valence-corrected chi connectivity index (χ4v) is 5.25. The van der Waals surface area contributed by atoms with Gasteiger partial charge in [0.05, 0.1) is 11.1 Å². The Hall–Kier alpha value is -2.97. The maximum atomic E-state index is 12.8. The van der Waals surface area contributed by atoms with Crippen molar-refractivity contribution >= 4 is 15.9 Å². The molecule has 7 nitrogen and oxygen atoms in total. The van der Waals surface area contributed by atoms with Gasteiger partial charge >= 0.3 is 0 Å². The first kappa shape index (κ1) is 22.2. The molecule has 1 aromatic heterocycles. The molecule has 2 heterocycles. The van der Waals surface area contributed by atoms with Gasteiger partial charge in [-0.1, -0.05) is 48.0 Å². The van der Waals surface area contributed by atoms with E-state index >= 15 is 0 Å². The van der Waals surface area contributed by atoms with Crippen LogP contribution in [-0.2, 0) is 21.2 Å². The van der Waals surface area contributed by atoms with Crippen LogP contribution in [0.3, 0.4) is 0 Å². The Labute approximate surface area is 188 Å². The van der Waals surface area contributed by atoms with Gasteiger partial charge in [0.25, 0.3) is 0 Å². The second-order valence-electron chi connectivity index (χ2n) is 8.04. The molecule has 1 N–H and O–H groups in total. The monoisotopic (exact) mass is 453 g/mol. The van der Waals surface area contributed by atoms with Gasteiger partial charge in [0.15, 0.2) is 11.7 Å². The molecule has 0 saturated carbocycles. The highest BCUT2D eigenvalue weighted by atomic mass is 32.2. The summed E-state index contributed by atoms with van der Waals surface area (Å²) in [7, 11) is -3.50. The highest BCUT2D eigenvalue weighted by molar-refractivity contribution is 7.89. The molecule has 4 rings (SSSR count). The standard InChI is InChI=1S/C24H27N3O4S/c1-18-7-9-21(10-8-18)32(29,30)27-15-13-20(14-16-27)26-23(28)11-12-24-25-17-22(31-24)19-5-3-2-4-6-19/h2-10,17,20H,11-16H2,1H3,(H,26,28). The molecule has 0 aliphatic carbocycles. The first-order valence-corrected chi connectivity index (χ1v) is 12.2. The third kappa shape index (κ3) is 5.26. The molecule has 1 saturated heterocycles. The third-order valence-electron chi connectivity index (χ3n) is 5.66. The number of aromatic nitrogens is 1. The number of rotatable bonds is 7. The van der Waals surface area contributed by atoms with Crippen molar-refractivity contribution < 1.29 is 17.6 Å². The van der Waals surface area contributed by atoms with Crippen molar-refractivity contribution in [2.24, 2.45) is 0 Å². The number of carbonyl (C=O) groups excluding carboxylic acids is 1. The number of amides is 1. The zero-order chi connectivity index (χ0) is 22.6. The highest BCUT2D eigenvalue weighted by Crippen LogP contribution is 2.22. The van der Waals surface area contributed by atoms with Crippen LogP contribution in [0, 0.1) is 6.92 Å². The van der Waals surface area contributed by atoms with E-state index in [9.17, 15) is 13.2 Å². The van der Waals surface area contributed by atoms with Crippen molar-refractivity contribution in [1.29, 1.82) is 0 Å². The molecule has 1 fully saturated rings. The predicted octanol–water partition coefficient (Wildman–Crippen LogP) is 3.55. The number of aryl methyl sites for hydroxylation is 2. The summed E-state index contributed by atoms with van der Waals surface area (Å²) in [6, 6.07) is 16.6. The molecular formula is C24H27N3O4S. The number of nitrogens with zero attached hydrogens (tertiary/aromatic N) is 2. The van der Waals surface area contributed by atoms with Crippen LogP contribution >= 0.6 is 0 Å². The largest absolute Gasteiger partial charge is 0.441 e. The summed E-state index contributed by atoms with van der Waals surface area (Å²) >= 11 is 0. The minimum absolute atomic E-state index is 0.0311. The van der Waals surface area contributed by atoms with Crippen LogP contribution in [0.2, 0.25) is 0 Å². The lowest BCUT2D eigenvalue weighted by atomic mass is 10.1. The van der Waals surface area contributed by atoms with Crippen molar-refractivity contribution in [3.05, 3.63) is 72.2 Å². The minimum Gasteiger partial charge on any atom is -0.441 e. The fraction of sp³-hybridized carbons (Fsp3) is 0.333. The summed E-state index contributed by atoms with van der Waals surface area (Å²) < 4.78 is 32.9. The van der Waals surface area contributed by atoms with Crippen LogP contribution in [0.1, 0.15) is 30.7 Å². The summed E-state index contributed by atoms with van der Waals surface area (Å²) in [6.45, 7) is 2.71. The number of benzene rings is 2.